The van der Waals surface area contributed by atoms with Gasteiger partial charge in [0.1, 0.15) is 6.10 Å². The average Bonchev–Trinajstić information content (AvgIpc) is 2.53. The molecular weight excluding hydrogens is 200 g/mol. The summed E-state index contributed by atoms with van der Waals surface area (Å²) in [6.07, 6.45) is -0.795. The van der Waals surface area contributed by atoms with Crippen LogP contribution in [0.4, 0.5) is 0 Å². The highest BCUT2D eigenvalue weighted by Crippen LogP contribution is 2.45. The molecule has 0 amide bonds. The van der Waals surface area contributed by atoms with Crippen molar-refractivity contribution in [3.05, 3.63) is 0 Å². The molecule has 0 aromatic heterocycles. The number of rotatable bonds is 2. The van der Waals surface area contributed by atoms with Crippen LogP contribution < -0.4 is 0 Å². The number of ether oxygens (including phenoxy) is 3. The molecule has 4 atom stereocenters. The van der Waals surface area contributed by atoms with Crippen molar-refractivity contribution in [3.63, 3.8) is 0 Å². The molecule has 2 saturated heterocycles. The van der Waals surface area contributed by atoms with Crippen LogP contribution in [0.3, 0.4) is 0 Å². The van der Waals surface area contributed by atoms with Crippen molar-refractivity contribution in [2.24, 2.45) is 5.92 Å². The Bertz CT molecular complexity index is 254. The Hall–Kier alpha value is -0.200. The number of aliphatic hydroxyl groups is 2. The van der Waals surface area contributed by atoms with Crippen molar-refractivity contribution in [1.29, 1.82) is 0 Å². The quantitative estimate of drug-likeness (QED) is 0.675. The Balaban J connectivity index is 2.18. The van der Waals surface area contributed by atoms with Crippen molar-refractivity contribution in [2.75, 3.05) is 13.2 Å². The van der Waals surface area contributed by atoms with Gasteiger partial charge in [0.2, 0.25) is 0 Å². The number of fused-ring (bicyclic) bond motifs is 1. The van der Waals surface area contributed by atoms with Crippen LogP contribution in [-0.4, -0.2) is 47.2 Å². The van der Waals surface area contributed by atoms with Gasteiger partial charge < -0.3 is 24.4 Å². The maximum Gasteiger partial charge on any atom is 0.188 e. The van der Waals surface area contributed by atoms with Crippen LogP contribution in [0.25, 0.3) is 0 Å². The second kappa shape index (κ2) is 3.40. The normalized spacial score (nSPS) is 48.2. The van der Waals surface area contributed by atoms with Gasteiger partial charge in [-0.25, -0.2) is 0 Å². The third-order valence-electron chi connectivity index (χ3n) is 3.17. The summed E-state index contributed by atoms with van der Waals surface area (Å²) >= 11 is 0. The SMILES string of the molecule is CC1(C)O[C@H]2O[C@](C)(CO)[C@@H](CO)[C@H]2O1. The summed E-state index contributed by atoms with van der Waals surface area (Å²) in [7, 11) is 0. The Kier molecular flexibility index (Phi) is 2.56. The van der Waals surface area contributed by atoms with Crippen LogP contribution in [0.15, 0.2) is 0 Å². The van der Waals surface area contributed by atoms with Crippen molar-refractivity contribution < 1.29 is 24.4 Å². The van der Waals surface area contributed by atoms with Crippen LogP contribution in [0.5, 0.6) is 0 Å². The first-order valence-electron chi connectivity index (χ1n) is 5.17. The van der Waals surface area contributed by atoms with Gasteiger partial charge in [-0.2, -0.15) is 0 Å². The summed E-state index contributed by atoms with van der Waals surface area (Å²) in [5.74, 6) is -0.936. The molecule has 0 spiro atoms. The summed E-state index contributed by atoms with van der Waals surface area (Å²) in [5, 5.41) is 18.6. The maximum atomic E-state index is 9.32. The monoisotopic (exact) mass is 218 g/mol. The van der Waals surface area contributed by atoms with Crippen molar-refractivity contribution in [1.82, 2.24) is 0 Å². The van der Waals surface area contributed by atoms with E-state index in [2.05, 4.69) is 0 Å². The molecule has 0 radical (unpaired) electrons. The summed E-state index contributed by atoms with van der Waals surface area (Å²) in [6.45, 7) is 5.13. The lowest BCUT2D eigenvalue weighted by molar-refractivity contribution is -0.236. The Morgan fingerprint density at radius 2 is 1.73 bits per heavy atom. The minimum absolute atomic E-state index is 0.0856. The zero-order valence-electron chi connectivity index (χ0n) is 9.27. The molecule has 0 aromatic carbocycles. The molecular formula is C10H18O5. The smallest absolute Gasteiger partial charge is 0.188 e. The molecule has 0 unspecified atom stereocenters. The fraction of sp³-hybridized carbons (Fsp3) is 1.00. The molecule has 2 aliphatic rings. The highest BCUT2D eigenvalue weighted by molar-refractivity contribution is 4.99. The standard InChI is InChI=1S/C10H18O5/c1-9(2)13-7-6(4-11)10(3,5-12)15-8(7)14-9/h6-8,11-12H,4-5H2,1-3H3/t6-,7+,8-,10+/m0/s1. The fourth-order valence-electron chi connectivity index (χ4n) is 2.27. The first-order chi connectivity index (χ1) is 6.92. The van der Waals surface area contributed by atoms with E-state index in [1.165, 1.54) is 0 Å². The molecule has 0 aliphatic carbocycles. The Morgan fingerprint density at radius 3 is 2.27 bits per heavy atom. The van der Waals surface area contributed by atoms with Crippen LogP contribution in [0, 0.1) is 5.92 Å². The zero-order chi connectivity index (χ0) is 11.3. The summed E-state index contributed by atoms with van der Waals surface area (Å²) in [4.78, 5) is 0. The number of hydrogen-bond donors (Lipinski definition) is 2. The lowest BCUT2D eigenvalue weighted by Gasteiger charge is -2.31. The minimum Gasteiger partial charge on any atom is -0.396 e. The predicted octanol–water partition coefficient (Wildman–Crippen LogP) is -0.146. The van der Waals surface area contributed by atoms with E-state index in [1.807, 2.05) is 0 Å². The predicted molar refractivity (Wildman–Crippen MR) is 51.0 cm³/mol. The summed E-state index contributed by atoms with van der Waals surface area (Å²) < 4.78 is 16.8. The van der Waals surface area contributed by atoms with Crippen molar-refractivity contribution in [2.45, 2.75) is 44.6 Å². The molecule has 2 rings (SSSR count). The fourth-order valence-corrected chi connectivity index (χ4v) is 2.27. The highest BCUT2D eigenvalue weighted by Gasteiger charge is 2.59. The van der Waals surface area contributed by atoms with Gasteiger partial charge in [-0.1, -0.05) is 0 Å². The molecule has 2 N–H and O–H groups in total. The average molecular weight is 218 g/mol. The second-order valence-corrected chi connectivity index (χ2v) is 4.85. The molecule has 88 valence electrons. The van der Waals surface area contributed by atoms with E-state index in [1.54, 1.807) is 20.8 Å². The lowest BCUT2D eigenvalue weighted by Crippen LogP contribution is -2.43. The van der Waals surface area contributed by atoms with Gasteiger partial charge in [-0.15, -0.1) is 0 Å². The number of aliphatic hydroxyl groups excluding tert-OH is 2. The zero-order valence-corrected chi connectivity index (χ0v) is 9.27. The summed E-state index contributed by atoms with van der Waals surface area (Å²) in [5.41, 5.74) is -0.777. The van der Waals surface area contributed by atoms with Gasteiger partial charge in [-0.05, 0) is 20.8 Å². The second-order valence-electron chi connectivity index (χ2n) is 4.85. The Morgan fingerprint density at radius 1 is 1.07 bits per heavy atom. The molecule has 5 nitrogen and oxygen atoms in total. The first-order valence-corrected chi connectivity index (χ1v) is 5.17. The molecule has 0 saturated carbocycles. The Labute approximate surface area is 88.9 Å². The van der Waals surface area contributed by atoms with Gasteiger partial charge in [0.05, 0.1) is 18.8 Å². The van der Waals surface area contributed by atoms with Crippen molar-refractivity contribution in [3.8, 4) is 0 Å². The van der Waals surface area contributed by atoms with Gasteiger partial charge in [-0.3, -0.25) is 0 Å². The maximum absolute atomic E-state index is 9.32. The van der Waals surface area contributed by atoms with Crippen LogP contribution >= 0.6 is 0 Å². The van der Waals surface area contributed by atoms with E-state index in [0.29, 0.717) is 0 Å². The minimum atomic E-state index is -0.777. The first kappa shape index (κ1) is 11.3. The van der Waals surface area contributed by atoms with E-state index in [0.717, 1.165) is 0 Å². The number of hydrogen-bond acceptors (Lipinski definition) is 5. The van der Waals surface area contributed by atoms with E-state index in [4.69, 9.17) is 14.2 Å². The van der Waals surface area contributed by atoms with Gasteiger partial charge in [0.15, 0.2) is 12.1 Å². The largest absolute Gasteiger partial charge is 0.396 e. The molecule has 0 aromatic rings. The molecule has 2 fully saturated rings. The molecule has 2 heterocycles. The molecule has 15 heavy (non-hydrogen) atoms. The molecule has 5 heteroatoms. The van der Waals surface area contributed by atoms with Gasteiger partial charge >= 0.3 is 0 Å². The molecule has 0 bridgehead atoms. The van der Waals surface area contributed by atoms with Gasteiger partial charge in [0, 0.05) is 5.92 Å². The third kappa shape index (κ3) is 1.68. The van der Waals surface area contributed by atoms with E-state index in [9.17, 15) is 10.2 Å². The lowest BCUT2D eigenvalue weighted by atomic mass is 9.88. The van der Waals surface area contributed by atoms with Gasteiger partial charge in [0.25, 0.3) is 0 Å². The van der Waals surface area contributed by atoms with E-state index >= 15 is 0 Å². The van der Waals surface area contributed by atoms with Crippen LogP contribution in [0.1, 0.15) is 20.8 Å². The third-order valence-corrected chi connectivity index (χ3v) is 3.17. The van der Waals surface area contributed by atoms with Crippen LogP contribution in [-0.2, 0) is 14.2 Å². The molecule has 2 aliphatic heterocycles. The highest BCUT2D eigenvalue weighted by atomic mass is 16.8. The van der Waals surface area contributed by atoms with Crippen molar-refractivity contribution >= 4 is 0 Å². The topological polar surface area (TPSA) is 68.2 Å². The van der Waals surface area contributed by atoms with E-state index < -0.39 is 17.7 Å². The summed E-state index contributed by atoms with van der Waals surface area (Å²) in [6, 6.07) is 0. The van der Waals surface area contributed by atoms with Crippen LogP contribution in [0.2, 0.25) is 0 Å². The van der Waals surface area contributed by atoms with E-state index in [-0.39, 0.29) is 25.2 Å².